The Kier molecular flexibility index (Phi) is 4.29. The second-order valence-corrected chi connectivity index (χ2v) is 6.77. The van der Waals surface area contributed by atoms with Crippen LogP contribution in [0.5, 0.6) is 0 Å². The van der Waals surface area contributed by atoms with Gasteiger partial charge in [-0.3, -0.25) is 4.79 Å². The summed E-state index contributed by atoms with van der Waals surface area (Å²) in [6, 6.07) is 5.80. The van der Waals surface area contributed by atoms with Crippen molar-refractivity contribution in [3.05, 3.63) is 76.7 Å². The van der Waals surface area contributed by atoms with Crippen LogP contribution < -0.4 is 11.1 Å². The molecule has 0 unspecified atom stereocenters. The lowest BCUT2D eigenvalue weighted by Crippen LogP contribution is -2.14. The number of aliphatic hydroxyl groups is 1. The van der Waals surface area contributed by atoms with Crippen molar-refractivity contribution in [3.63, 3.8) is 0 Å². The Morgan fingerprint density at radius 1 is 1.29 bits per heavy atom. The third kappa shape index (κ3) is 6.18. The fraction of sp³-hybridized carbons (Fsp3) is 0.273. The van der Waals surface area contributed by atoms with Gasteiger partial charge >= 0.3 is 0 Å². The molecule has 5 nitrogen and oxygen atoms in total. The lowest BCUT2D eigenvalue weighted by Gasteiger charge is -2.10. The minimum atomic E-state index is -2.38. The molecule has 1 heterocycles. The average molecular weight is 404 g/mol. The number of carbonyl (C=O) groups excluding carboxylic acids is 1. The van der Waals surface area contributed by atoms with Crippen LogP contribution in [0, 0.1) is 0 Å². The Morgan fingerprint density at radius 3 is 2.71 bits per heavy atom. The van der Waals surface area contributed by atoms with Crippen LogP contribution in [-0.4, -0.2) is 16.0 Å². The predicted molar refractivity (Wildman–Crippen MR) is 114 cm³/mol. The minimum absolute atomic E-state index is 0.184. The van der Waals surface area contributed by atoms with Crippen LogP contribution in [0.25, 0.3) is 0 Å². The summed E-state index contributed by atoms with van der Waals surface area (Å²) < 4.78 is 66.2. The number of nitrogens with one attached hydrogen (secondary N) is 1. The van der Waals surface area contributed by atoms with Crippen molar-refractivity contribution in [2.75, 3.05) is 11.1 Å². The van der Waals surface area contributed by atoms with Gasteiger partial charge in [-0.25, -0.2) is 4.98 Å². The number of carbonyl (C=O) groups is 1. The molecule has 1 atom stereocenters. The number of rotatable bonds is 9. The van der Waals surface area contributed by atoms with E-state index >= 15 is 0 Å². The molecule has 0 saturated heterocycles. The molecular weight excluding hydrogens is 370 g/mol. The third-order valence-corrected chi connectivity index (χ3v) is 4.41. The highest BCUT2D eigenvalue weighted by Crippen LogP contribution is 2.20. The van der Waals surface area contributed by atoms with Crippen molar-refractivity contribution >= 4 is 28.1 Å². The van der Waals surface area contributed by atoms with Crippen LogP contribution in [-0.2, 0) is 17.6 Å². The lowest BCUT2D eigenvalue weighted by atomic mass is 10.0. The van der Waals surface area contributed by atoms with Gasteiger partial charge in [0.15, 0.2) is 5.13 Å². The molecule has 0 aliphatic rings. The number of thiazole rings is 1. The van der Waals surface area contributed by atoms with Gasteiger partial charge in [0, 0.05) is 16.6 Å². The van der Waals surface area contributed by atoms with Crippen molar-refractivity contribution < 1.29 is 20.9 Å². The third-order valence-electron chi connectivity index (χ3n) is 3.69. The first-order chi connectivity index (χ1) is 16.7. The number of benzene rings is 2. The zero-order valence-electron chi connectivity index (χ0n) is 23.0. The van der Waals surface area contributed by atoms with Crippen molar-refractivity contribution in [1.82, 2.24) is 4.98 Å². The molecule has 0 aliphatic carbocycles. The number of aliphatic hydroxyl groups excluding tert-OH is 1. The standard InChI is InChI=1S/C22H25N3O2S/c23-22-25-19(15-28-22)14-21(27)24-18-12-10-16(11-13-18)6-4-5-9-20(26)17-7-2-1-3-8-17/h1-3,7-8,10-13,15,20,26H,4-6,9,14H2,(H2,23,25)(H,24,27)/t20-/m0/s1/i4D2,9D2,10D,11D,12D,13D. The number of amides is 1. The van der Waals surface area contributed by atoms with E-state index in [0.29, 0.717) is 5.69 Å². The van der Waals surface area contributed by atoms with Crippen molar-refractivity contribution in [2.45, 2.75) is 38.1 Å². The first-order valence-electron chi connectivity index (χ1n) is 12.5. The summed E-state index contributed by atoms with van der Waals surface area (Å²) in [5, 5.41) is 14.7. The highest BCUT2D eigenvalue weighted by molar-refractivity contribution is 7.13. The molecule has 0 saturated carbocycles. The summed E-state index contributed by atoms with van der Waals surface area (Å²) in [4.78, 5) is 16.3. The van der Waals surface area contributed by atoms with E-state index in [9.17, 15) is 9.90 Å². The van der Waals surface area contributed by atoms with Gasteiger partial charge < -0.3 is 16.2 Å². The zero-order chi connectivity index (χ0) is 26.8. The molecule has 1 amide bonds. The molecule has 6 heteroatoms. The van der Waals surface area contributed by atoms with Gasteiger partial charge in [0.05, 0.1) is 23.7 Å². The number of nitrogens with zero attached hydrogens (tertiary/aromatic N) is 1. The van der Waals surface area contributed by atoms with Crippen LogP contribution in [0.3, 0.4) is 0 Å². The molecule has 3 aromatic rings. The fourth-order valence-corrected chi connectivity index (χ4v) is 2.91. The first-order valence-corrected chi connectivity index (χ1v) is 9.42. The van der Waals surface area contributed by atoms with Crippen LogP contribution in [0.4, 0.5) is 10.8 Å². The summed E-state index contributed by atoms with van der Waals surface area (Å²) >= 11 is 1.15. The van der Waals surface area contributed by atoms with Gasteiger partial charge in [-0.05, 0) is 42.4 Å². The largest absolute Gasteiger partial charge is 0.388 e. The number of nitrogens with two attached hydrogens (primary N) is 1. The molecule has 0 bridgehead atoms. The molecule has 0 aliphatic heterocycles. The smallest absolute Gasteiger partial charge is 0.230 e. The molecule has 2 aromatic carbocycles. The van der Waals surface area contributed by atoms with Crippen LogP contribution >= 0.6 is 11.3 Å². The maximum Gasteiger partial charge on any atom is 0.230 e. The molecule has 0 radical (unpaired) electrons. The van der Waals surface area contributed by atoms with Gasteiger partial charge in [-0.2, -0.15) is 0 Å². The zero-order valence-corrected chi connectivity index (χ0v) is 15.8. The van der Waals surface area contributed by atoms with E-state index in [0.717, 1.165) is 11.3 Å². The molecule has 146 valence electrons. The molecule has 4 N–H and O–H groups in total. The maximum atomic E-state index is 12.4. The number of nitrogen functional groups attached to an aromatic ring is 1. The Balaban J connectivity index is 1.81. The topological polar surface area (TPSA) is 88.2 Å². The van der Waals surface area contributed by atoms with Crippen LogP contribution in [0.1, 0.15) is 53.1 Å². The quantitative estimate of drug-likeness (QED) is 0.495. The van der Waals surface area contributed by atoms with E-state index in [4.69, 9.17) is 16.7 Å². The number of anilines is 2. The Labute approximate surface area is 180 Å². The highest BCUT2D eigenvalue weighted by atomic mass is 32.1. The van der Waals surface area contributed by atoms with Crippen molar-refractivity contribution in [3.8, 4) is 0 Å². The van der Waals surface area contributed by atoms with E-state index in [1.54, 1.807) is 23.6 Å². The number of hydrogen-bond acceptors (Lipinski definition) is 5. The van der Waals surface area contributed by atoms with E-state index in [2.05, 4.69) is 10.3 Å². The summed E-state index contributed by atoms with van der Waals surface area (Å²) in [6.45, 7) is 0. The molecule has 0 fully saturated rings. The fourth-order valence-electron chi connectivity index (χ4n) is 2.35. The second kappa shape index (κ2) is 10.0. The number of aromatic nitrogens is 1. The molecule has 1 aromatic heterocycles. The summed E-state index contributed by atoms with van der Waals surface area (Å²) in [5.74, 6) is -0.618. The van der Waals surface area contributed by atoms with Crippen molar-refractivity contribution in [1.29, 1.82) is 0 Å². The van der Waals surface area contributed by atoms with Crippen molar-refractivity contribution in [2.24, 2.45) is 0 Å². The monoisotopic (exact) mass is 403 g/mol. The summed E-state index contributed by atoms with van der Waals surface area (Å²) in [5.41, 5.74) is 5.61. The average Bonchev–Trinajstić information content (AvgIpc) is 3.22. The van der Waals surface area contributed by atoms with E-state index in [-0.39, 0.29) is 28.4 Å². The summed E-state index contributed by atoms with van der Waals surface area (Å²) in [6.07, 6.45) is -7.88. The van der Waals surface area contributed by atoms with Gasteiger partial charge in [0.25, 0.3) is 0 Å². The first kappa shape index (κ1) is 12.0. The molecule has 28 heavy (non-hydrogen) atoms. The van der Waals surface area contributed by atoms with Crippen LogP contribution in [0.2, 0.25) is 0 Å². The van der Waals surface area contributed by atoms with E-state index in [1.807, 2.05) is 0 Å². The van der Waals surface area contributed by atoms with E-state index in [1.165, 1.54) is 12.1 Å². The Hall–Kier alpha value is -2.70. The molecule has 3 rings (SSSR count). The maximum absolute atomic E-state index is 12.4. The normalized spacial score (nSPS) is 17.0. The van der Waals surface area contributed by atoms with Gasteiger partial charge in [0.1, 0.15) is 0 Å². The predicted octanol–water partition coefficient (Wildman–Crippen LogP) is 4.35. The summed E-state index contributed by atoms with van der Waals surface area (Å²) in [7, 11) is 0. The van der Waals surface area contributed by atoms with Gasteiger partial charge in [-0.1, -0.05) is 48.8 Å². The van der Waals surface area contributed by atoms with Gasteiger partial charge in [0.2, 0.25) is 5.91 Å². The van der Waals surface area contributed by atoms with Crippen LogP contribution in [0.15, 0.2) is 59.9 Å². The number of hydrogen-bond donors (Lipinski definition) is 3. The lowest BCUT2D eigenvalue weighted by molar-refractivity contribution is -0.115. The molecular formula is C22H25N3O2S. The van der Waals surface area contributed by atoms with E-state index < -0.39 is 61.8 Å². The minimum Gasteiger partial charge on any atom is -0.388 e. The Morgan fingerprint density at radius 2 is 2.04 bits per heavy atom. The molecule has 0 spiro atoms. The Bertz CT molecular complexity index is 1220. The second-order valence-electron chi connectivity index (χ2n) is 5.88. The SMILES string of the molecule is [2H]c1c([2H])c(NC(=O)Cc2csc(N)n2)c([2H])c([2H])c1CC([2H])([2H])CC([2H])([2H])[C@H](O)c1ccccc1. The van der Waals surface area contributed by atoms with Gasteiger partial charge in [-0.15, -0.1) is 11.3 Å². The highest BCUT2D eigenvalue weighted by Gasteiger charge is 2.08.